The molecule has 6 nitrogen and oxygen atoms in total. The number of methoxy groups -OCH3 is 1. The van der Waals surface area contributed by atoms with Crippen molar-refractivity contribution in [2.24, 2.45) is 0 Å². The van der Waals surface area contributed by atoms with Gasteiger partial charge in [-0.1, -0.05) is 58.7 Å². The minimum absolute atomic E-state index is 0.128. The number of amides is 1. The SMILES string of the molecule is CCC(NC(=O)CN(c1cccc(Br)c1)S(=O)(=O)c1ccc(C)cc1)c1ccc(OC)c(C)c1. The quantitative estimate of drug-likeness (QED) is 0.383. The number of benzene rings is 3. The van der Waals surface area contributed by atoms with E-state index >= 15 is 0 Å². The fourth-order valence-corrected chi connectivity index (χ4v) is 5.49. The fourth-order valence-electron chi connectivity index (χ4n) is 3.69. The molecule has 1 amide bonds. The molecule has 1 N–H and O–H groups in total. The average molecular weight is 545 g/mol. The maximum atomic E-state index is 13.5. The molecule has 0 saturated carbocycles. The van der Waals surface area contributed by atoms with Gasteiger partial charge in [0.2, 0.25) is 5.91 Å². The van der Waals surface area contributed by atoms with Gasteiger partial charge in [0.15, 0.2) is 0 Å². The molecule has 0 aliphatic heterocycles. The van der Waals surface area contributed by atoms with Crippen molar-refractivity contribution in [2.45, 2.75) is 38.1 Å². The number of ether oxygens (including phenoxy) is 1. The van der Waals surface area contributed by atoms with Crippen LogP contribution in [0.5, 0.6) is 5.75 Å². The largest absolute Gasteiger partial charge is 0.496 e. The van der Waals surface area contributed by atoms with Crippen LogP contribution in [0.25, 0.3) is 0 Å². The summed E-state index contributed by atoms with van der Waals surface area (Å²) in [5.41, 5.74) is 3.25. The number of halogens is 1. The van der Waals surface area contributed by atoms with Gasteiger partial charge in [0.25, 0.3) is 10.0 Å². The van der Waals surface area contributed by atoms with E-state index in [4.69, 9.17) is 4.74 Å². The number of carbonyl (C=O) groups is 1. The summed E-state index contributed by atoms with van der Waals surface area (Å²) < 4.78 is 34.3. The van der Waals surface area contributed by atoms with Gasteiger partial charge < -0.3 is 10.1 Å². The first kappa shape index (κ1) is 25.8. The van der Waals surface area contributed by atoms with Crippen LogP contribution in [0.4, 0.5) is 5.69 Å². The molecule has 0 aliphatic rings. The third-order valence-electron chi connectivity index (χ3n) is 5.56. The second kappa shape index (κ2) is 11.1. The van der Waals surface area contributed by atoms with Gasteiger partial charge in [0.1, 0.15) is 12.3 Å². The Hall–Kier alpha value is -2.84. The highest BCUT2D eigenvalue weighted by molar-refractivity contribution is 9.10. The minimum atomic E-state index is -3.97. The third kappa shape index (κ3) is 5.98. The zero-order valence-corrected chi connectivity index (χ0v) is 22.1. The van der Waals surface area contributed by atoms with Crippen molar-refractivity contribution in [3.63, 3.8) is 0 Å². The number of hydrogen-bond acceptors (Lipinski definition) is 4. The zero-order valence-electron chi connectivity index (χ0n) is 19.7. The highest BCUT2D eigenvalue weighted by Crippen LogP contribution is 2.27. The van der Waals surface area contributed by atoms with Crippen molar-refractivity contribution >= 4 is 37.5 Å². The molecule has 1 atom stereocenters. The lowest BCUT2D eigenvalue weighted by Crippen LogP contribution is -2.42. The lowest BCUT2D eigenvalue weighted by molar-refractivity contribution is -0.120. The number of rotatable bonds is 9. The predicted molar refractivity (Wildman–Crippen MR) is 139 cm³/mol. The van der Waals surface area contributed by atoms with Crippen molar-refractivity contribution in [1.82, 2.24) is 5.32 Å². The molecular weight excluding hydrogens is 516 g/mol. The monoisotopic (exact) mass is 544 g/mol. The molecule has 0 fully saturated rings. The molecule has 0 bridgehead atoms. The Morgan fingerprint density at radius 3 is 2.35 bits per heavy atom. The van der Waals surface area contributed by atoms with Gasteiger partial charge in [0, 0.05) is 4.47 Å². The normalized spacial score (nSPS) is 12.1. The summed E-state index contributed by atoms with van der Waals surface area (Å²) in [5.74, 6) is 0.380. The van der Waals surface area contributed by atoms with Crippen molar-refractivity contribution < 1.29 is 17.9 Å². The Morgan fingerprint density at radius 2 is 1.76 bits per heavy atom. The molecule has 8 heteroatoms. The van der Waals surface area contributed by atoms with E-state index in [2.05, 4.69) is 21.2 Å². The number of aryl methyl sites for hydroxylation is 2. The lowest BCUT2D eigenvalue weighted by atomic mass is 10.0. The Balaban J connectivity index is 1.90. The molecule has 0 spiro atoms. The van der Waals surface area contributed by atoms with Crippen LogP contribution in [0.1, 0.15) is 36.1 Å². The summed E-state index contributed by atoms with van der Waals surface area (Å²) in [7, 11) is -2.35. The van der Waals surface area contributed by atoms with Gasteiger partial charge in [-0.25, -0.2) is 8.42 Å². The molecule has 3 aromatic rings. The van der Waals surface area contributed by atoms with Gasteiger partial charge in [-0.15, -0.1) is 0 Å². The van der Waals surface area contributed by atoms with E-state index in [1.54, 1.807) is 55.6 Å². The lowest BCUT2D eigenvalue weighted by Gasteiger charge is -2.26. The molecular formula is C26H29BrN2O4S. The fraction of sp³-hybridized carbons (Fsp3) is 0.269. The van der Waals surface area contributed by atoms with Crippen molar-refractivity contribution in [3.8, 4) is 5.75 Å². The van der Waals surface area contributed by atoms with Crippen LogP contribution in [-0.2, 0) is 14.8 Å². The van der Waals surface area contributed by atoms with E-state index in [-0.39, 0.29) is 17.5 Å². The van der Waals surface area contributed by atoms with Gasteiger partial charge in [-0.05, 0) is 67.8 Å². The first-order chi connectivity index (χ1) is 16.1. The Bertz CT molecular complexity index is 1260. The predicted octanol–water partition coefficient (Wildman–Crippen LogP) is 5.54. The van der Waals surface area contributed by atoms with Gasteiger partial charge in [0.05, 0.1) is 23.7 Å². The van der Waals surface area contributed by atoms with Crippen molar-refractivity contribution in [1.29, 1.82) is 0 Å². The van der Waals surface area contributed by atoms with Crippen LogP contribution >= 0.6 is 15.9 Å². The molecule has 34 heavy (non-hydrogen) atoms. The highest BCUT2D eigenvalue weighted by Gasteiger charge is 2.28. The standard InChI is InChI=1S/C26H29BrN2O4S/c1-5-24(20-11-14-25(33-4)19(3)15-20)28-26(30)17-29(22-8-6-7-21(27)16-22)34(31,32)23-12-9-18(2)10-13-23/h6-16,24H,5,17H2,1-4H3,(H,28,30). The maximum absolute atomic E-state index is 13.5. The number of anilines is 1. The number of carbonyl (C=O) groups excluding carboxylic acids is 1. The van der Waals surface area contributed by atoms with E-state index < -0.39 is 15.9 Å². The van der Waals surface area contributed by atoms with Crippen LogP contribution in [0.15, 0.2) is 76.1 Å². The van der Waals surface area contributed by atoms with Gasteiger partial charge in [-0.2, -0.15) is 0 Å². The number of nitrogens with one attached hydrogen (secondary N) is 1. The summed E-state index contributed by atoms with van der Waals surface area (Å²) in [4.78, 5) is 13.3. The summed E-state index contributed by atoms with van der Waals surface area (Å²) in [6.45, 7) is 5.46. The molecule has 0 radical (unpaired) electrons. The van der Waals surface area contributed by atoms with E-state index in [0.29, 0.717) is 12.1 Å². The maximum Gasteiger partial charge on any atom is 0.264 e. The zero-order chi connectivity index (χ0) is 24.9. The summed E-state index contributed by atoms with van der Waals surface area (Å²) in [5, 5.41) is 3.00. The van der Waals surface area contributed by atoms with Crippen LogP contribution in [-0.4, -0.2) is 28.0 Å². The first-order valence-electron chi connectivity index (χ1n) is 10.9. The van der Waals surface area contributed by atoms with Crippen molar-refractivity contribution in [3.05, 3.63) is 87.9 Å². The first-order valence-corrected chi connectivity index (χ1v) is 13.2. The topological polar surface area (TPSA) is 75.7 Å². The average Bonchev–Trinajstić information content (AvgIpc) is 2.81. The van der Waals surface area contributed by atoms with Gasteiger partial charge >= 0.3 is 0 Å². The number of sulfonamides is 1. The molecule has 0 aliphatic carbocycles. The molecule has 1 unspecified atom stereocenters. The number of nitrogens with zero attached hydrogens (tertiary/aromatic N) is 1. The molecule has 180 valence electrons. The van der Waals surface area contributed by atoms with E-state index in [1.807, 2.05) is 39.0 Å². The highest BCUT2D eigenvalue weighted by atomic mass is 79.9. The summed E-state index contributed by atoms with van der Waals surface area (Å²) >= 11 is 3.40. The van der Waals surface area contributed by atoms with E-state index in [9.17, 15) is 13.2 Å². The molecule has 3 aromatic carbocycles. The van der Waals surface area contributed by atoms with Crippen LogP contribution in [0.2, 0.25) is 0 Å². The number of hydrogen-bond donors (Lipinski definition) is 1. The van der Waals surface area contributed by atoms with Gasteiger partial charge in [-0.3, -0.25) is 9.10 Å². The minimum Gasteiger partial charge on any atom is -0.496 e. The molecule has 0 saturated heterocycles. The second-order valence-corrected chi connectivity index (χ2v) is 10.8. The van der Waals surface area contributed by atoms with Crippen LogP contribution in [0.3, 0.4) is 0 Å². The summed E-state index contributed by atoms with van der Waals surface area (Å²) in [6.07, 6.45) is 0.652. The van der Waals surface area contributed by atoms with E-state index in [0.717, 1.165) is 31.2 Å². The van der Waals surface area contributed by atoms with Crippen LogP contribution in [0, 0.1) is 13.8 Å². The van der Waals surface area contributed by atoms with Crippen molar-refractivity contribution in [2.75, 3.05) is 18.0 Å². The Kier molecular flexibility index (Phi) is 8.38. The third-order valence-corrected chi connectivity index (χ3v) is 7.84. The van der Waals surface area contributed by atoms with Crippen LogP contribution < -0.4 is 14.4 Å². The Labute approximate surface area is 210 Å². The molecule has 0 aromatic heterocycles. The summed E-state index contributed by atoms with van der Waals surface area (Å²) in [6, 6.07) is 19.0. The smallest absolute Gasteiger partial charge is 0.264 e. The second-order valence-electron chi connectivity index (χ2n) is 8.06. The Morgan fingerprint density at radius 1 is 1.06 bits per heavy atom. The van der Waals surface area contributed by atoms with E-state index in [1.165, 1.54) is 0 Å². The molecule has 3 rings (SSSR count). The molecule has 0 heterocycles.